The zero-order valence-electron chi connectivity index (χ0n) is 13.5. The Morgan fingerprint density at radius 1 is 1.23 bits per heavy atom. The van der Waals surface area contributed by atoms with E-state index < -0.39 is 23.5 Å². The van der Waals surface area contributed by atoms with Crippen molar-refractivity contribution in [1.82, 2.24) is 0 Å². The van der Waals surface area contributed by atoms with E-state index in [1.807, 2.05) is 0 Å². The number of unbranched alkanes of at least 4 members (excludes halogenated alkanes) is 7. The molecule has 1 heterocycles. The molecule has 2 unspecified atom stereocenters. The number of hydrogen-bond donors (Lipinski definition) is 1. The molecule has 1 rings (SSSR count). The molecule has 0 aliphatic carbocycles. The van der Waals surface area contributed by atoms with Crippen LogP contribution in [0.1, 0.15) is 77.6 Å². The van der Waals surface area contributed by atoms with E-state index in [-0.39, 0.29) is 12.8 Å². The molecule has 1 aliphatic rings. The van der Waals surface area contributed by atoms with Crippen LogP contribution >= 0.6 is 0 Å². The van der Waals surface area contributed by atoms with Crippen LogP contribution < -0.4 is 0 Å². The van der Waals surface area contributed by atoms with Crippen molar-refractivity contribution in [1.29, 1.82) is 0 Å². The van der Waals surface area contributed by atoms with Gasteiger partial charge in [-0.25, -0.2) is 4.79 Å². The van der Waals surface area contributed by atoms with Crippen molar-refractivity contribution in [2.24, 2.45) is 5.92 Å². The summed E-state index contributed by atoms with van der Waals surface area (Å²) in [6.07, 6.45) is 10.4. The summed E-state index contributed by atoms with van der Waals surface area (Å²) in [5, 5.41) is 9.37. The third-order valence-electron chi connectivity index (χ3n) is 4.49. The lowest BCUT2D eigenvalue weighted by molar-refractivity contribution is -0.176. The minimum atomic E-state index is -1.63. The Morgan fingerprint density at radius 3 is 2.27 bits per heavy atom. The third kappa shape index (κ3) is 5.11. The van der Waals surface area contributed by atoms with Crippen molar-refractivity contribution in [3.05, 3.63) is 0 Å². The molecule has 0 bridgehead atoms. The first-order valence-electron chi connectivity index (χ1n) is 8.47. The quantitative estimate of drug-likeness (QED) is 0.339. The Labute approximate surface area is 132 Å². The second kappa shape index (κ2) is 9.59. The second-order valence-electron chi connectivity index (χ2n) is 6.17. The van der Waals surface area contributed by atoms with Crippen molar-refractivity contribution >= 4 is 18.2 Å². The highest BCUT2D eigenvalue weighted by atomic mass is 16.6. The second-order valence-corrected chi connectivity index (χ2v) is 6.17. The van der Waals surface area contributed by atoms with Crippen molar-refractivity contribution in [3.63, 3.8) is 0 Å². The SMILES string of the molecule is CCCCCCCCCCC(C=O)C1(C(=O)O)CCC(=O)O1. The molecule has 1 saturated heterocycles. The van der Waals surface area contributed by atoms with Gasteiger partial charge in [-0.3, -0.25) is 4.79 Å². The van der Waals surface area contributed by atoms with Crippen LogP contribution in [0.3, 0.4) is 0 Å². The Bertz CT molecular complexity index is 379. The van der Waals surface area contributed by atoms with Crippen LogP contribution in [0.5, 0.6) is 0 Å². The minimum absolute atomic E-state index is 0.0774. The summed E-state index contributed by atoms with van der Waals surface area (Å²) < 4.78 is 5.02. The molecule has 2 atom stereocenters. The molecule has 0 saturated carbocycles. The van der Waals surface area contributed by atoms with Gasteiger partial charge in [0.2, 0.25) is 5.60 Å². The number of carboxylic acids is 1. The first-order valence-corrected chi connectivity index (χ1v) is 8.47. The van der Waals surface area contributed by atoms with Crippen LogP contribution in [0.2, 0.25) is 0 Å². The van der Waals surface area contributed by atoms with Gasteiger partial charge in [-0.15, -0.1) is 0 Å². The monoisotopic (exact) mass is 312 g/mol. The van der Waals surface area contributed by atoms with Crippen LogP contribution in [0.15, 0.2) is 0 Å². The highest BCUT2D eigenvalue weighted by Crippen LogP contribution is 2.36. The van der Waals surface area contributed by atoms with Gasteiger partial charge in [-0.2, -0.15) is 0 Å². The number of carbonyl (C=O) groups is 3. The molecular weight excluding hydrogens is 284 g/mol. The summed E-state index contributed by atoms with van der Waals surface area (Å²) in [6, 6.07) is 0. The molecule has 1 aliphatic heterocycles. The van der Waals surface area contributed by atoms with Crippen LogP contribution in [-0.4, -0.2) is 28.9 Å². The summed E-state index contributed by atoms with van der Waals surface area (Å²) in [7, 11) is 0. The number of rotatable bonds is 12. The van der Waals surface area contributed by atoms with Crippen molar-refractivity contribution in [2.45, 2.75) is 83.2 Å². The maximum Gasteiger partial charge on any atom is 0.348 e. The van der Waals surface area contributed by atoms with Gasteiger partial charge in [0.15, 0.2) is 0 Å². The maximum absolute atomic E-state index is 11.5. The Balaban J connectivity index is 2.33. The van der Waals surface area contributed by atoms with E-state index in [4.69, 9.17) is 4.74 Å². The molecule has 1 N–H and O–H groups in total. The molecule has 0 aromatic carbocycles. The smallest absolute Gasteiger partial charge is 0.348 e. The average molecular weight is 312 g/mol. The van der Waals surface area contributed by atoms with Crippen molar-refractivity contribution < 1.29 is 24.2 Å². The maximum atomic E-state index is 11.5. The van der Waals surface area contributed by atoms with E-state index in [0.29, 0.717) is 12.7 Å². The average Bonchev–Trinajstić information content (AvgIpc) is 2.89. The number of aliphatic carboxylic acids is 1. The molecule has 1 fully saturated rings. The fraction of sp³-hybridized carbons (Fsp3) is 0.824. The number of aldehydes is 1. The van der Waals surface area contributed by atoms with Crippen LogP contribution in [0.4, 0.5) is 0 Å². The molecule has 0 aromatic rings. The van der Waals surface area contributed by atoms with E-state index in [9.17, 15) is 19.5 Å². The van der Waals surface area contributed by atoms with E-state index in [1.165, 1.54) is 32.1 Å². The lowest BCUT2D eigenvalue weighted by atomic mass is 9.82. The molecule has 22 heavy (non-hydrogen) atoms. The Kier molecular flexibility index (Phi) is 8.13. The van der Waals surface area contributed by atoms with Gasteiger partial charge in [-0.05, 0) is 6.42 Å². The van der Waals surface area contributed by atoms with E-state index >= 15 is 0 Å². The van der Waals surface area contributed by atoms with Crippen LogP contribution in [-0.2, 0) is 19.1 Å². The topological polar surface area (TPSA) is 80.7 Å². The first-order chi connectivity index (χ1) is 10.6. The fourth-order valence-electron chi connectivity index (χ4n) is 3.07. The van der Waals surface area contributed by atoms with Crippen molar-refractivity contribution in [2.75, 3.05) is 0 Å². The van der Waals surface area contributed by atoms with Crippen LogP contribution in [0.25, 0.3) is 0 Å². The minimum Gasteiger partial charge on any atom is -0.478 e. The molecule has 126 valence electrons. The predicted molar refractivity (Wildman–Crippen MR) is 82.5 cm³/mol. The standard InChI is InChI=1S/C17H28O5/c1-2-3-4-5-6-7-8-9-10-14(13-18)17(16(20)21)12-11-15(19)22-17/h13-14H,2-12H2,1H3,(H,20,21). The number of carboxylic acid groups (broad SMARTS) is 1. The third-order valence-corrected chi connectivity index (χ3v) is 4.49. The highest BCUT2D eigenvalue weighted by Gasteiger charge is 2.53. The number of hydrogen-bond acceptors (Lipinski definition) is 4. The number of ether oxygens (including phenoxy) is 1. The van der Waals surface area contributed by atoms with Gasteiger partial charge in [0.1, 0.15) is 6.29 Å². The van der Waals surface area contributed by atoms with E-state index in [0.717, 1.165) is 19.3 Å². The van der Waals surface area contributed by atoms with E-state index in [1.54, 1.807) is 0 Å². The number of esters is 1. The van der Waals surface area contributed by atoms with E-state index in [2.05, 4.69) is 6.92 Å². The zero-order chi connectivity index (χ0) is 16.4. The van der Waals surface area contributed by atoms with Gasteiger partial charge in [0, 0.05) is 12.8 Å². The summed E-state index contributed by atoms with van der Waals surface area (Å²) in [4.78, 5) is 34.0. The summed E-state index contributed by atoms with van der Waals surface area (Å²) in [5.41, 5.74) is -1.63. The number of carbonyl (C=O) groups excluding carboxylic acids is 2. The molecule has 5 heteroatoms. The molecule has 0 aromatic heterocycles. The largest absolute Gasteiger partial charge is 0.478 e. The van der Waals surface area contributed by atoms with Gasteiger partial charge in [-0.1, -0.05) is 58.3 Å². The molecule has 0 spiro atoms. The first kappa shape index (κ1) is 18.7. The van der Waals surface area contributed by atoms with Crippen molar-refractivity contribution in [3.8, 4) is 0 Å². The molecule has 0 amide bonds. The Hall–Kier alpha value is -1.39. The predicted octanol–water partition coefficient (Wildman–Crippen LogP) is 3.49. The zero-order valence-corrected chi connectivity index (χ0v) is 13.5. The number of cyclic esters (lactones) is 1. The lowest BCUT2D eigenvalue weighted by Gasteiger charge is -2.28. The van der Waals surface area contributed by atoms with Crippen LogP contribution in [0, 0.1) is 5.92 Å². The Morgan fingerprint density at radius 2 is 1.82 bits per heavy atom. The molecule has 5 nitrogen and oxygen atoms in total. The summed E-state index contributed by atoms with van der Waals surface area (Å²) in [6.45, 7) is 2.19. The van der Waals surface area contributed by atoms with Gasteiger partial charge >= 0.3 is 11.9 Å². The van der Waals surface area contributed by atoms with Gasteiger partial charge in [0.25, 0.3) is 0 Å². The summed E-state index contributed by atoms with van der Waals surface area (Å²) >= 11 is 0. The van der Waals surface area contributed by atoms with Gasteiger partial charge < -0.3 is 14.6 Å². The molecule has 0 radical (unpaired) electrons. The molecular formula is C17H28O5. The highest BCUT2D eigenvalue weighted by molar-refractivity contribution is 5.88. The summed E-state index contributed by atoms with van der Waals surface area (Å²) in [5.74, 6) is -2.46. The normalized spacial score (nSPS) is 22.3. The van der Waals surface area contributed by atoms with Gasteiger partial charge in [0.05, 0.1) is 5.92 Å². The fourth-order valence-corrected chi connectivity index (χ4v) is 3.07. The lowest BCUT2D eigenvalue weighted by Crippen LogP contribution is -2.46.